The third kappa shape index (κ3) is 11.8. The number of anilines is 10. The molecule has 8 heteroatoms. The van der Waals surface area contributed by atoms with Crippen LogP contribution in [0.5, 0.6) is 17.2 Å². The van der Waals surface area contributed by atoms with Gasteiger partial charge in [-0.2, -0.15) is 0 Å². The Kier molecular flexibility index (Phi) is 16.8. The minimum absolute atomic E-state index is 0.149. The zero-order chi connectivity index (χ0) is 60.7. The first-order chi connectivity index (χ1) is 43.0. The van der Waals surface area contributed by atoms with Gasteiger partial charge in [-0.1, -0.05) is 129 Å². The van der Waals surface area contributed by atoms with Crippen LogP contribution in [-0.2, 0) is 10.2 Å². The number of nitrogens with zero attached hydrogens (tertiary/aromatic N) is 4. The Morgan fingerprint density at radius 2 is 0.682 bits per heavy atom. The first kappa shape index (κ1) is 57.9. The molecule has 0 fully saturated rings. The summed E-state index contributed by atoms with van der Waals surface area (Å²) in [6.45, 7) is 7.27. The molecular formula is C80H72N4O4. The van der Waals surface area contributed by atoms with Gasteiger partial charge in [0.2, 0.25) is 0 Å². The van der Waals surface area contributed by atoms with Crippen molar-refractivity contribution >= 4 is 56.9 Å². The van der Waals surface area contributed by atoms with Crippen molar-refractivity contribution in [1.29, 1.82) is 0 Å². The van der Waals surface area contributed by atoms with E-state index in [9.17, 15) is 0 Å². The SMILES string of the molecule is C/C=C(\C=C/COC)N(c1ccc(OC)cc1)c1ccc(-c2ccc(N(c3ccc(-c4ccc(N(C)c5ccc(-c6ccc(N(c7ccc(OC)cc7)c7ccc(OC)cc7)cc6)cc5)cc4)cc3)c3ccc4c(c3)C(C)(C)c3ccccc3-4)cc2)cc1. The monoisotopic (exact) mass is 1150 g/mol. The topological polar surface area (TPSA) is 49.9 Å². The lowest BCUT2D eigenvalue weighted by atomic mass is 9.82. The number of hydrogen-bond donors (Lipinski definition) is 0. The first-order valence-electron chi connectivity index (χ1n) is 29.8. The van der Waals surface area contributed by atoms with Crippen molar-refractivity contribution in [2.75, 3.05) is 61.7 Å². The van der Waals surface area contributed by atoms with Crippen LogP contribution < -0.4 is 33.8 Å². The van der Waals surface area contributed by atoms with Crippen molar-refractivity contribution in [3.05, 3.63) is 296 Å². The van der Waals surface area contributed by atoms with Crippen molar-refractivity contribution in [3.63, 3.8) is 0 Å². The Labute approximate surface area is 518 Å². The van der Waals surface area contributed by atoms with E-state index < -0.39 is 0 Å². The minimum atomic E-state index is -0.149. The molecule has 11 aromatic carbocycles. The molecule has 436 valence electrons. The summed E-state index contributed by atoms with van der Waals surface area (Å²) in [4.78, 5) is 9.10. The van der Waals surface area contributed by atoms with Crippen LogP contribution in [0.15, 0.2) is 285 Å². The number of ether oxygens (including phenoxy) is 4. The zero-order valence-electron chi connectivity index (χ0n) is 51.2. The summed E-state index contributed by atoms with van der Waals surface area (Å²) in [5.41, 5.74) is 23.7. The molecular weight excluding hydrogens is 1080 g/mol. The van der Waals surface area contributed by atoms with Crippen molar-refractivity contribution in [2.24, 2.45) is 0 Å². The van der Waals surface area contributed by atoms with Crippen molar-refractivity contribution in [3.8, 4) is 61.8 Å². The molecule has 0 radical (unpaired) electrons. The second-order valence-electron chi connectivity index (χ2n) is 22.4. The molecule has 88 heavy (non-hydrogen) atoms. The largest absolute Gasteiger partial charge is 0.497 e. The molecule has 0 spiro atoms. The van der Waals surface area contributed by atoms with E-state index in [4.69, 9.17) is 18.9 Å². The minimum Gasteiger partial charge on any atom is -0.497 e. The predicted octanol–water partition coefficient (Wildman–Crippen LogP) is 21.0. The molecule has 0 atom stereocenters. The van der Waals surface area contributed by atoms with E-state index in [0.29, 0.717) is 6.61 Å². The summed E-state index contributed by atoms with van der Waals surface area (Å²) in [6.07, 6.45) is 6.25. The quantitative estimate of drug-likeness (QED) is 0.0700. The van der Waals surface area contributed by atoms with Gasteiger partial charge in [0.25, 0.3) is 0 Å². The average molecular weight is 1150 g/mol. The van der Waals surface area contributed by atoms with Gasteiger partial charge in [0, 0.05) is 82.1 Å². The molecule has 1 aliphatic carbocycles. The molecule has 0 amide bonds. The van der Waals surface area contributed by atoms with Crippen LogP contribution in [0.4, 0.5) is 56.9 Å². The fraction of sp³-hybridized carbons (Fsp3) is 0.125. The summed E-state index contributed by atoms with van der Waals surface area (Å²) in [6, 6.07) is 93.3. The predicted molar refractivity (Wildman–Crippen MR) is 367 cm³/mol. The smallest absolute Gasteiger partial charge is 0.119 e. The maximum atomic E-state index is 5.50. The molecule has 12 rings (SSSR count). The molecule has 0 heterocycles. The number of allylic oxidation sites excluding steroid dienone is 2. The maximum absolute atomic E-state index is 5.50. The van der Waals surface area contributed by atoms with Gasteiger partial charge in [-0.25, -0.2) is 0 Å². The van der Waals surface area contributed by atoms with Crippen LogP contribution in [0.2, 0.25) is 0 Å². The van der Waals surface area contributed by atoms with Gasteiger partial charge >= 0.3 is 0 Å². The van der Waals surface area contributed by atoms with Crippen molar-refractivity contribution < 1.29 is 18.9 Å². The Bertz CT molecular complexity index is 4170. The summed E-state index contributed by atoms with van der Waals surface area (Å²) in [5, 5.41) is 0. The van der Waals surface area contributed by atoms with Gasteiger partial charge in [-0.3, -0.25) is 0 Å². The molecule has 0 aliphatic heterocycles. The molecule has 0 saturated heterocycles. The van der Waals surface area contributed by atoms with E-state index in [1.165, 1.54) is 22.3 Å². The van der Waals surface area contributed by atoms with E-state index >= 15 is 0 Å². The van der Waals surface area contributed by atoms with E-state index in [1.54, 1.807) is 28.4 Å². The number of hydrogen-bond acceptors (Lipinski definition) is 8. The summed E-state index contributed by atoms with van der Waals surface area (Å²) in [7, 11) is 8.90. The number of benzene rings is 11. The van der Waals surface area contributed by atoms with Gasteiger partial charge < -0.3 is 38.5 Å². The molecule has 0 N–H and O–H groups in total. The second kappa shape index (κ2) is 25.6. The van der Waals surface area contributed by atoms with Gasteiger partial charge in [-0.05, 0) is 226 Å². The third-order valence-electron chi connectivity index (χ3n) is 16.9. The number of fused-ring (bicyclic) bond motifs is 3. The van der Waals surface area contributed by atoms with E-state index in [2.05, 4.69) is 284 Å². The third-order valence-corrected chi connectivity index (χ3v) is 16.9. The zero-order valence-corrected chi connectivity index (χ0v) is 51.2. The second-order valence-corrected chi connectivity index (χ2v) is 22.4. The van der Waals surface area contributed by atoms with E-state index in [0.717, 1.165) is 113 Å². The average Bonchev–Trinajstić information content (AvgIpc) is 1.68. The van der Waals surface area contributed by atoms with Gasteiger partial charge in [0.1, 0.15) is 17.2 Å². The van der Waals surface area contributed by atoms with E-state index in [-0.39, 0.29) is 5.41 Å². The van der Waals surface area contributed by atoms with Crippen LogP contribution in [0.3, 0.4) is 0 Å². The molecule has 11 aromatic rings. The lowest BCUT2D eigenvalue weighted by Crippen LogP contribution is -2.16. The van der Waals surface area contributed by atoms with Crippen LogP contribution in [0.1, 0.15) is 31.9 Å². The molecule has 0 aromatic heterocycles. The summed E-state index contributed by atoms with van der Waals surface area (Å²) < 4.78 is 21.8. The fourth-order valence-corrected chi connectivity index (χ4v) is 12.0. The Morgan fingerprint density at radius 3 is 1.06 bits per heavy atom. The summed E-state index contributed by atoms with van der Waals surface area (Å²) >= 11 is 0. The normalized spacial score (nSPS) is 12.3. The highest BCUT2D eigenvalue weighted by Crippen LogP contribution is 2.51. The number of methoxy groups -OCH3 is 4. The molecule has 0 bridgehead atoms. The molecule has 0 unspecified atom stereocenters. The van der Waals surface area contributed by atoms with Crippen LogP contribution in [-0.4, -0.2) is 42.1 Å². The van der Waals surface area contributed by atoms with Gasteiger partial charge in [-0.15, -0.1) is 0 Å². The maximum Gasteiger partial charge on any atom is 0.119 e. The van der Waals surface area contributed by atoms with Crippen LogP contribution >= 0.6 is 0 Å². The molecule has 1 aliphatic rings. The molecule has 8 nitrogen and oxygen atoms in total. The highest BCUT2D eigenvalue weighted by atomic mass is 16.5. The lowest BCUT2D eigenvalue weighted by molar-refractivity contribution is 0.234. The standard InChI is InChI=1S/C80H72N4O4/c1-9-62(13-12-54-85-5)82(69-40-47-73(86-6)48-41-69)65-32-20-60(21-33-65)61-26-38-68(39-27-61)84(72-46-53-77-76-14-10-11-15-78(76)80(2,3)79(77)55-72)67-36-24-59(25-37-67)57-18-30-64(31-19-57)81(4)63-28-16-56(17-29-63)58-22-34-66(35-23-58)83(70-42-49-74(87-7)50-43-70)71-44-51-75(88-8)52-45-71/h9-53,55H,54H2,1-8H3/b13-12-,62-9+. The lowest BCUT2D eigenvalue weighted by Gasteiger charge is -2.28. The van der Waals surface area contributed by atoms with Crippen LogP contribution in [0, 0.1) is 0 Å². The highest BCUT2D eigenvalue weighted by molar-refractivity contribution is 5.87. The van der Waals surface area contributed by atoms with Crippen molar-refractivity contribution in [1.82, 2.24) is 0 Å². The Morgan fingerprint density at radius 1 is 0.364 bits per heavy atom. The van der Waals surface area contributed by atoms with Crippen LogP contribution in [0.25, 0.3) is 44.5 Å². The van der Waals surface area contributed by atoms with Gasteiger partial charge in [0.05, 0.1) is 27.9 Å². The first-order valence-corrected chi connectivity index (χ1v) is 29.8. The Balaban J connectivity index is 0.781. The van der Waals surface area contributed by atoms with Gasteiger partial charge in [0.15, 0.2) is 0 Å². The highest BCUT2D eigenvalue weighted by Gasteiger charge is 2.36. The molecule has 0 saturated carbocycles. The number of rotatable bonds is 20. The fourth-order valence-electron chi connectivity index (χ4n) is 12.0. The summed E-state index contributed by atoms with van der Waals surface area (Å²) in [5.74, 6) is 2.44. The van der Waals surface area contributed by atoms with E-state index in [1.807, 2.05) is 42.5 Å². The Hall–Kier alpha value is -10.5. The van der Waals surface area contributed by atoms with Crippen molar-refractivity contribution in [2.45, 2.75) is 26.2 Å².